The van der Waals surface area contributed by atoms with Gasteiger partial charge in [-0.3, -0.25) is 0 Å². The van der Waals surface area contributed by atoms with Crippen molar-refractivity contribution in [2.24, 2.45) is 0 Å². The van der Waals surface area contributed by atoms with E-state index in [1.807, 2.05) is 11.3 Å². The first kappa shape index (κ1) is 32.7. The number of fused-ring (bicyclic) bond motifs is 6. The molecule has 0 atom stereocenters. The van der Waals surface area contributed by atoms with Crippen molar-refractivity contribution in [3.05, 3.63) is 198 Å². The Hall–Kier alpha value is -5.96. The van der Waals surface area contributed by atoms with Crippen LogP contribution in [0.5, 0.6) is 0 Å². The predicted molar refractivity (Wildman–Crippen MR) is 230 cm³/mol. The third-order valence-corrected chi connectivity index (χ3v) is 13.2. The highest BCUT2D eigenvalue weighted by Crippen LogP contribution is 2.59. The Morgan fingerprint density at radius 3 is 1.61 bits per heavy atom. The molecule has 0 spiro atoms. The second kappa shape index (κ2) is 12.3. The van der Waals surface area contributed by atoms with Crippen LogP contribution in [0.25, 0.3) is 54.3 Å². The van der Waals surface area contributed by atoms with Crippen LogP contribution in [0.2, 0.25) is 0 Å². The molecule has 7 aromatic carbocycles. The normalized spacial score (nSPS) is 14.2. The molecule has 0 unspecified atom stereocenters. The van der Waals surface area contributed by atoms with E-state index < -0.39 is 0 Å². The van der Waals surface area contributed by atoms with Crippen LogP contribution in [0, 0.1) is 0 Å². The highest BCUT2D eigenvalue weighted by Gasteiger charge is 2.41. The van der Waals surface area contributed by atoms with Crippen molar-refractivity contribution in [3.8, 4) is 54.3 Å². The number of thiophene rings is 1. The van der Waals surface area contributed by atoms with Crippen molar-refractivity contribution in [1.82, 2.24) is 0 Å². The van der Waals surface area contributed by atoms with Crippen LogP contribution < -0.4 is 4.90 Å². The van der Waals surface area contributed by atoms with Crippen molar-refractivity contribution in [2.75, 3.05) is 4.90 Å². The summed E-state index contributed by atoms with van der Waals surface area (Å²) in [6.45, 7) is 9.52. The molecule has 2 heteroatoms. The van der Waals surface area contributed by atoms with Gasteiger partial charge in [-0.25, -0.2) is 0 Å². The lowest BCUT2D eigenvalue weighted by molar-refractivity contribution is 0.660. The van der Waals surface area contributed by atoms with E-state index in [4.69, 9.17) is 0 Å². The van der Waals surface area contributed by atoms with Crippen LogP contribution in [0.15, 0.2) is 176 Å². The molecule has 1 heterocycles. The summed E-state index contributed by atoms with van der Waals surface area (Å²) in [5.74, 6) is 0. The lowest BCUT2D eigenvalue weighted by atomic mass is 9.81. The number of hydrogen-bond donors (Lipinski definition) is 0. The summed E-state index contributed by atoms with van der Waals surface area (Å²) in [6.07, 6.45) is 0. The Morgan fingerprint density at radius 1 is 0.389 bits per heavy atom. The molecule has 1 nitrogen and oxygen atoms in total. The number of benzene rings is 7. The fraction of sp³-hybridized carbons (Fsp3) is 0.115. The molecule has 0 saturated carbocycles. The second-order valence-corrected chi connectivity index (χ2v) is 16.7. The van der Waals surface area contributed by atoms with E-state index in [1.165, 1.54) is 76.5 Å². The van der Waals surface area contributed by atoms with Gasteiger partial charge in [0.25, 0.3) is 0 Å². The molecule has 54 heavy (non-hydrogen) atoms. The topological polar surface area (TPSA) is 3.24 Å². The van der Waals surface area contributed by atoms with Crippen LogP contribution in [-0.2, 0) is 10.8 Å². The number of rotatable bonds is 6. The molecular weight excluding hydrogens is 671 g/mol. The fourth-order valence-corrected chi connectivity index (χ4v) is 10.7. The molecule has 1 aromatic heterocycles. The minimum atomic E-state index is -0.112. The third kappa shape index (κ3) is 4.90. The molecule has 0 amide bonds. The molecular formula is C52H41NS. The van der Waals surface area contributed by atoms with E-state index in [1.54, 1.807) is 0 Å². The van der Waals surface area contributed by atoms with Crippen molar-refractivity contribution < 1.29 is 0 Å². The van der Waals surface area contributed by atoms with Gasteiger partial charge in [-0.15, -0.1) is 11.3 Å². The lowest BCUT2D eigenvalue weighted by Gasteiger charge is -2.30. The first-order valence-corrected chi connectivity index (χ1v) is 19.8. The number of anilines is 3. The van der Waals surface area contributed by atoms with Crippen LogP contribution >= 0.6 is 11.3 Å². The minimum absolute atomic E-state index is 0.100. The lowest BCUT2D eigenvalue weighted by Crippen LogP contribution is -2.17. The largest absolute Gasteiger partial charge is 0.310 e. The third-order valence-electron chi connectivity index (χ3n) is 11.9. The van der Waals surface area contributed by atoms with E-state index in [0.29, 0.717) is 0 Å². The molecule has 2 aliphatic rings. The highest BCUT2D eigenvalue weighted by atomic mass is 32.1. The zero-order valence-electron chi connectivity index (χ0n) is 31.1. The number of nitrogens with zero attached hydrogens (tertiary/aromatic N) is 1. The van der Waals surface area contributed by atoms with Crippen LogP contribution in [0.4, 0.5) is 17.1 Å². The average molecular weight is 712 g/mol. The maximum atomic E-state index is 2.46. The molecule has 0 saturated heterocycles. The van der Waals surface area contributed by atoms with Gasteiger partial charge in [-0.05, 0) is 86.0 Å². The summed E-state index contributed by atoms with van der Waals surface area (Å²) < 4.78 is 0. The first-order chi connectivity index (χ1) is 26.3. The maximum absolute atomic E-state index is 2.46. The second-order valence-electron chi connectivity index (χ2n) is 15.7. The number of para-hydroxylation sites is 1. The molecule has 0 aliphatic heterocycles. The fourth-order valence-electron chi connectivity index (χ4n) is 9.21. The van der Waals surface area contributed by atoms with Gasteiger partial charge in [0.1, 0.15) is 0 Å². The van der Waals surface area contributed by atoms with Gasteiger partial charge in [0, 0.05) is 43.1 Å². The standard InChI is InChI=1S/C52H41NS/c1-51(2)43-24-14-11-22-40(43)41-32-31-38(33-45(41)51)53(46-26-16-13-21-39(46)34-17-7-5-8-18-34)37-29-27-36(28-30-37)50-48-47(49(54-50)35-19-9-6-10-20-35)42-23-12-15-25-44(42)52(48,3)4/h5-33H,1-4H3. The van der Waals surface area contributed by atoms with E-state index in [-0.39, 0.29) is 10.8 Å². The Labute approximate surface area is 322 Å². The van der Waals surface area contributed by atoms with E-state index >= 15 is 0 Å². The summed E-state index contributed by atoms with van der Waals surface area (Å²) in [4.78, 5) is 5.16. The van der Waals surface area contributed by atoms with Gasteiger partial charge in [0.2, 0.25) is 0 Å². The maximum Gasteiger partial charge on any atom is 0.0540 e. The van der Waals surface area contributed by atoms with E-state index in [9.17, 15) is 0 Å². The molecule has 0 N–H and O–H groups in total. The van der Waals surface area contributed by atoms with Gasteiger partial charge >= 0.3 is 0 Å². The van der Waals surface area contributed by atoms with Gasteiger partial charge in [-0.2, -0.15) is 0 Å². The van der Waals surface area contributed by atoms with E-state index in [2.05, 4.69) is 209 Å². The van der Waals surface area contributed by atoms with Crippen molar-refractivity contribution in [1.29, 1.82) is 0 Å². The van der Waals surface area contributed by atoms with Gasteiger partial charge in [-0.1, -0.05) is 173 Å². The summed E-state index contributed by atoms with van der Waals surface area (Å²) in [6, 6.07) is 64.9. The quantitative estimate of drug-likeness (QED) is 0.166. The van der Waals surface area contributed by atoms with Crippen molar-refractivity contribution in [2.45, 2.75) is 38.5 Å². The van der Waals surface area contributed by atoms with Crippen LogP contribution in [0.1, 0.15) is 49.9 Å². The Kier molecular flexibility index (Phi) is 7.44. The molecule has 8 aromatic rings. The Balaban J connectivity index is 1.15. The van der Waals surface area contributed by atoms with Crippen molar-refractivity contribution in [3.63, 3.8) is 0 Å². The molecule has 2 aliphatic carbocycles. The summed E-state index contributed by atoms with van der Waals surface area (Å²) in [7, 11) is 0. The summed E-state index contributed by atoms with van der Waals surface area (Å²) >= 11 is 1.93. The monoisotopic (exact) mass is 711 g/mol. The Morgan fingerprint density at radius 2 is 0.907 bits per heavy atom. The van der Waals surface area contributed by atoms with Crippen LogP contribution in [0.3, 0.4) is 0 Å². The van der Waals surface area contributed by atoms with Gasteiger partial charge in [0.05, 0.1) is 5.69 Å². The summed E-state index contributed by atoms with van der Waals surface area (Å²) in [5.41, 5.74) is 19.2. The zero-order chi connectivity index (χ0) is 36.6. The Bertz CT molecular complexity index is 2700. The smallest absolute Gasteiger partial charge is 0.0540 e. The SMILES string of the molecule is CC1(C)c2ccccc2-c2ccc(N(c3ccc(-c4sc(-c5ccccc5)c5c4C(C)(C)c4ccccc4-5)cc3)c3ccccc3-c3ccccc3)cc21. The molecule has 0 radical (unpaired) electrons. The average Bonchev–Trinajstić information content (AvgIpc) is 3.81. The highest BCUT2D eigenvalue weighted by molar-refractivity contribution is 7.19. The number of hydrogen-bond acceptors (Lipinski definition) is 2. The molecule has 0 bridgehead atoms. The summed E-state index contributed by atoms with van der Waals surface area (Å²) in [5, 5.41) is 0. The predicted octanol–water partition coefficient (Wildman–Crippen LogP) is 14.8. The van der Waals surface area contributed by atoms with E-state index in [0.717, 1.165) is 17.1 Å². The zero-order valence-corrected chi connectivity index (χ0v) is 31.9. The van der Waals surface area contributed by atoms with Crippen molar-refractivity contribution >= 4 is 28.4 Å². The molecule has 0 fully saturated rings. The molecule has 10 rings (SSSR count). The van der Waals surface area contributed by atoms with Crippen LogP contribution in [-0.4, -0.2) is 0 Å². The minimum Gasteiger partial charge on any atom is -0.310 e. The van der Waals surface area contributed by atoms with Gasteiger partial charge in [0.15, 0.2) is 0 Å². The van der Waals surface area contributed by atoms with Gasteiger partial charge < -0.3 is 4.90 Å². The molecule has 260 valence electrons. The first-order valence-electron chi connectivity index (χ1n) is 18.9.